The van der Waals surface area contributed by atoms with Crippen LogP contribution in [0.2, 0.25) is 10.0 Å². The van der Waals surface area contributed by atoms with Gasteiger partial charge in [-0.2, -0.15) is 0 Å². The third kappa shape index (κ3) is 4.14. The number of esters is 1. The quantitative estimate of drug-likeness (QED) is 0.726. The first-order chi connectivity index (χ1) is 11.1. The highest BCUT2D eigenvalue weighted by Gasteiger charge is 2.44. The van der Waals surface area contributed by atoms with Crippen molar-refractivity contribution in [2.75, 3.05) is 13.7 Å². The van der Waals surface area contributed by atoms with Crippen LogP contribution in [0.3, 0.4) is 0 Å². The van der Waals surface area contributed by atoms with E-state index in [1.807, 2.05) is 6.07 Å². The molecule has 1 aliphatic rings. The lowest BCUT2D eigenvalue weighted by atomic mass is 9.92. The van der Waals surface area contributed by atoms with Crippen LogP contribution in [-0.2, 0) is 14.3 Å². The normalized spacial score (nSPS) is 20.8. The zero-order valence-electron chi connectivity index (χ0n) is 14.1. The van der Waals surface area contributed by atoms with Crippen LogP contribution in [0.25, 0.3) is 0 Å². The Bertz CT molecular complexity index is 642. The van der Waals surface area contributed by atoms with Gasteiger partial charge in [-0.25, -0.2) is 9.59 Å². The van der Waals surface area contributed by atoms with E-state index in [1.54, 1.807) is 32.9 Å². The smallest absolute Gasteiger partial charge is 0.411 e. The summed E-state index contributed by atoms with van der Waals surface area (Å²) < 4.78 is 10.3. The summed E-state index contributed by atoms with van der Waals surface area (Å²) in [6, 6.07) is 4.47. The van der Waals surface area contributed by atoms with Crippen molar-refractivity contribution in [2.45, 2.75) is 44.8 Å². The molecule has 0 unspecified atom stereocenters. The van der Waals surface area contributed by atoms with Crippen LogP contribution >= 0.6 is 23.2 Å². The number of amides is 1. The van der Waals surface area contributed by atoms with Crippen molar-refractivity contribution in [3.63, 3.8) is 0 Å². The number of benzene rings is 1. The number of carbonyl (C=O) groups is 2. The number of halogens is 2. The molecule has 0 saturated carbocycles. The topological polar surface area (TPSA) is 55.8 Å². The van der Waals surface area contributed by atoms with Gasteiger partial charge in [0.05, 0.1) is 17.2 Å². The number of nitrogens with zero attached hydrogens (tertiary/aromatic N) is 1. The average Bonchev–Trinajstić information content (AvgIpc) is 2.92. The lowest BCUT2D eigenvalue weighted by Gasteiger charge is -2.29. The first-order valence-corrected chi connectivity index (χ1v) is 8.42. The second-order valence-corrected chi connectivity index (χ2v) is 7.52. The third-order valence-electron chi connectivity index (χ3n) is 3.84. The highest BCUT2D eigenvalue weighted by molar-refractivity contribution is 6.42. The minimum absolute atomic E-state index is 0.222. The lowest BCUT2D eigenvalue weighted by Crippen LogP contribution is -2.45. The molecule has 1 heterocycles. The zero-order chi connectivity index (χ0) is 18.1. The predicted octanol–water partition coefficient (Wildman–Crippen LogP) is 4.26. The predicted molar refractivity (Wildman–Crippen MR) is 92.6 cm³/mol. The molecule has 0 aromatic heterocycles. The Labute approximate surface area is 151 Å². The molecule has 1 aromatic rings. The summed E-state index contributed by atoms with van der Waals surface area (Å²) in [5, 5.41) is 0.852. The molecule has 0 radical (unpaired) electrons. The number of ether oxygens (including phenoxy) is 2. The average molecular weight is 374 g/mol. The van der Waals surface area contributed by atoms with Crippen LogP contribution in [0.15, 0.2) is 18.2 Å². The minimum Gasteiger partial charge on any atom is -0.467 e. The molecule has 1 aromatic carbocycles. The Morgan fingerprint density at radius 1 is 1.21 bits per heavy atom. The number of likely N-dealkylation sites (tertiary alicyclic amines) is 1. The van der Waals surface area contributed by atoms with E-state index in [0.29, 0.717) is 23.0 Å². The molecule has 7 heteroatoms. The molecule has 1 saturated heterocycles. The van der Waals surface area contributed by atoms with Crippen LogP contribution in [-0.4, -0.2) is 42.3 Å². The molecule has 1 amide bonds. The van der Waals surface area contributed by atoms with Gasteiger partial charge in [0.2, 0.25) is 0 Å². The van der Waals surface area contributed by atoms with Crippen LogP contribution in [0.5, 0.6) is 0 Å². The van der Waals surface area contributed by atoms with Crippen LogP contribution in [0.1, 0.15) is 38.7 Å². The van der Waals surface area contributed by atoms with Crippen molar-refractivity contribution in [3.05, 3.63) is 33.8 Å². The molecule has 0 spiro atoms. The molecule has 5 nitrogen and oxygen atoms in total. The standard InChI is InChI=1S/C17H21Cl2NO4/c1-17(2,3)24-16(22)20-8-7-11(14(20)15(21)23-4)10-5-6-12(18)13(19)9-10/h5-6,9,11,14H,7-8H2,1-4H3/t11-,14+/m1/s1. The maximum atomic E-state index is 12.4. The maximum Gasteiger partial charge on any atom is 0.411 e. The Morgan fingerprint density at radius 3 is 2.42 bits per heavy atom. The second kappa shape index (κ2) is 7.19. The van der Waals surface area contributed by atoms with E-state index in [-0.39, 0.29) is 5.92 Å². The summed E-state index contributed by atoms with van der Waals surface area (Å²) in [5.41, 5.74) is 0.199. The van der Waals surface area contributed by atoms with Crippen molar-refractivity contribution in [3.8, 4) is 0 Å². The fourth-order valence-corrected chi connectivity index (χ4v) is 3.13. The molecule has 2 rings (SSSR count). The van der Waals surface area contributed by atoms with Gasteiger partial charge >= 0.3 is 12.1 Å². The molecule has 0 aliphatic carbocycles. The van der Waals surface area contributed by atoms with Crippen molar-refractivity contribution in [1.29, 1.82) is 0 Å². The van der Waals surface area contributed by atoms with E-state index in [2.05, 4.69) is 0 Å². The van der Waals surface area contributed by atoms with Gasteiger partial charge < -0.3 is 9.47 Å². The van der Waals surface area contributed by atoms with Gasteiger partial charge in [-0.05, 0) is 44.9 Å². The highest BCUT2D eigenvalue weighted by atomic mass is 35.5. The van der Waals surface area contributed by atoms with E-state index >= 15 is 0 Å². The summed E-state index contributed by atoms with van der Waals surface area (Å²) in [6.45, 7) is 5.75. The Kier molecular flexibility index (Phi) is 5.66. The first kappa shape index (κ1) is 18.9. The summed E-state index contributed by atoms with van der Waals surface area (Å²) >= 11 is 12.0. The monoisotopic (exact) mass is 373 g/mol. The van der Waals surface area contributed by atoms with Gasteiger partial charge in [0, 0.05) is 12.5 Å². The molecule has 1 aliphatic heterocycles. The molecular formula is C17H21Cl2NO4. The fraction of sp³-hybridized carbons (Fsp3) is 0.529. The molecule has 0 N–H and O–H groups in total. The van der Waals surface area contributed by atoms with E-state index in [0.717, 1.165) is 5.56 Å². The van der Waals surface area contributed by atoms with Gasteiger partial charge in [-0.15, -0.1) is 0 Å². The van der Waals surface area contributed by atoms with Gasteiger partial charge in [0.15, 0.2) is 0 Å². The summed E-state index contributed by atoms with van der Waals surface area (Å²) in [7, 11) is 1.31. The Morgan fingerprint density at radius 2 is 1.88 bits per heavy atom. The molecule has 24 heavy (non-hydrogen) atoms. The molecule has 2 atom stereocenters. The zero-order valence-corrected chi connectivity index (χ0v) is 15.6. The summed E-state index contributed by atoms with van der Waals surface area (Å²) in [5.74, 6) is -0.700. The number of hydrogen-bond acceptors (Lipinski definition) is 4. The molecule has 132 valence electrons. The Hall–Kier alpha value is -1.46. The van der Waals surface area contributed by atoms with Crippen molar-refractivity contribution in [1.82, 2.24) is 4.90 Å². The molecule has 0 bridgehead atoms. The van der Waals surface area contributed by atoms with E-state index in [4.69, 9.17) is 32.7 Å². The second-order valence-electron chi connectivity index (χ2n) is 6.71. The van der Waals surface area contributed by atoms with Crippen LogP contribution in [0, 0.1) is 0 Å². The summed E-state index contributed by atoms with van der Waals surface area (Å²) in [4.78, 5) is 26.2. The number of methoxy groups -OCH3 is 1. The SMILES string of the molecule is COC(=O)[C@@H]1[C@@H](c2ccc(Cl)c(Cl)c2)CCN1C(=O)OC(C)(C)C. The fourth-order valence-electron chi connectivity index (χ4n) is 2.82. The number of carbonyl (C=O) groups excluding carboxylic acids is 2. The largest absolute Gasteiger partial charge is 0.467 e. The third-order valence-corrected chi connectivity index (χ3v) is 4.58. The van der Waals surface area contributed by atoms with Gasteiger partial charge in [0.25, 0.3) is 0 Å². The van der Waals surface area contributed by atoms with Crippen molar-refractivity contribution >= 4 is 35.3 Å². The van der Waals surface area contributed by atoms with Gasteiger partial charge in [-0.3, -0.25) is 4.90 Å². The van der Waals surface area contributed by atoms with Gasteiger partial charge in [0.1, 0.15) is 11.6 Å². The highest BCUT2D eigenvalue weighted by Crippen LogP contribution is 2.37. The van der Waals surface area contributed by atoms with Crippen molar-refractivity contribution in [2.24, 2.45) is 0 Å². The maximum absolute atomic E-state index is 12.4. The molecule has 1 fully saturated rings. The van der Waals surface area contributed by atoms with Crippen LogP contribution in [0.4, 0.5) is 4.79 Å². The number of hydrogen-bond donors (Lipinski definition) is 0. The first-order valence-electron chi connectivity index (χ1n) is 7.66. The Balaban J connectivity index is 2.31. The minimum atomic E-state index is -0.748. The molecular weight excluding hydrogens is 353 g/mol. The van der Waals surface area contributed by atoms with Crippen molar-refractivity contribution < 1.29 is 19.1 Å². The summed E-state index contributed by atoms with van der Waals surface area (Å²) in [6.07, 6.45) is 0.0808. The van der Waals surface area contributed by atoms with Gasteiger partial charge in [-0.1, -0.05) is 29.3 Å². The van der Waals surface area contributed by atoms with Crippen LogP contribution < -0.4 is 0 Å². The lowest BCUT2D eigenvalue weighted by molar-refractivity contribution is -0.146. The van der Waals surface area contributed by atoms with E-state index < -0.39 is 23.7 Å². The van der Waals surface area contributed by atoms with E-state index in [1.165, 1.54) is 12.0 Å². The van der Waals surface area contributed by atoms with E-state index in [9.17, 15) is 9.59 Å². The number of rotatable bonds is 2.